The number of nitrogens with zero attached hydrogens (tertiary/aromatic N) is 4. The molecule has 0 aliphatic heterocycles. The Morgan fingerprint density at radius 2 is 2.00 bits per heavy atom. The highest BCUT2D eigenvalue weighted by molar-refractivity contribution is 5.39. The van der Waals surface area contributed by atoms with E-state index < -0.39 is 11.7 Å². The Labute approximate surface area is 108 Å². The first-order chi connectivity index (χ1) is 8.88. The summed E-state index contributed by atoms with van der Waals surface area (Å²) >= 11 is 0. The first-order valence-corrected chi connectivity index (χ1v) is 5.59. The smallest absolute Gasteiger partial charge is 0.354 e. The minimum atomic E-state index is -4.36. The van der Waals surface area contributed by atoms with Gasteiger partial charge in [0.15, 0.2) is 0 Å². The summed E-state index contributed by atoms with van der Waals surface area (Å²) in [5.41, 5.74) is 0.203. The molecule has 102 valence electrons. The lowest BCUT2D eigenvalue weighted by Gasteiger charge is -2.18. The number of pyridine rings is 1. The van der Waals surface area contributed by atoms with Crippen LogP contribution in [0, 0.1) is 0 Å². The lowest BCUT2D eigenvalue weighted by Crippen LogP contribution is -2.20. The largest absolute Gasteiger partial charge is 0.417 e. The van der Waals surface area contributed by atoms with Crippen molar-refractivity contribution < 1.29 is 13.2 Å². The molecule has 2 aromatic rings. The van der Waals surface area contributed by atoms with Crippen LogP contribution in [0.15, 0.2) is 30.6 Å². The second-order valence-electron chi connectivity index (χ2n) is 4.21. The molecule has 0 fully saturated rings. The Morgan fingerprint density at radius 3 is 2.47 bits per heavy atom. The van der Waals surface area contributed by atoms with Crippen molar-refractivity contribution in [2.24, 2.45) is 7.05 Å². The van der Waals surface area contributed by atoms with Crippen LogP contribution in [0.3, 0.4) is 0 Å². The fourth-order valence-electron chi connectivity index (χ4n) is 1.66. The normalized spacial score (nSPS) is 11.6. The van der Waals surface area contributed by atoms with Gasteiger partial charge in [-0.3, -0.25) is 4.68 Å². The Morgan fingerprint density at radius 1 is 1.26 bits per heavy atom. The van der Waals surface area contributed by atoms with Crippen molar-refractivity contribution in [1.29, 1.82) is 0 Å². The molecule has 0 saturated carbocycles. The van der Waals surface area contributed by atoms with Crippen LogP contribution >= 0.6 is 0 Å². The molecule has 2 heterocycles. The molecule has 0 saturated heterocycles. The molecule has 0 bridgehead atoms. The van der Waals surface area contributed by atoms with Gasteiger partial charge < -0.3 is 4.90 Å². The van der Waals surface area contributed by atoms with E-state index in [0.717, 1.165) is 18.0 Å². The summed E-state index contributed by atoms with van der Waals surface area (Å²) in [6.07, 6.45) is -1.84. The van der Waals surface area contributed by atoms with Gasteiger partial charge in [0.1, 0.15) is 5.82 Å². The molecule has 4 nitrogen and oxygen atoms in total. The number of aromatic nitrogens is 3. The highest BCUT2D eigenvalue weighted by Crippen LogP contribution is 2.29. The third-order valence-electron chi connectivity index (χ3n) is 2.79. The fraction of sp³-hybridized carbons (Fsp3) is 0.333. The number of anilines is 1. The van der Waals surface area contributed by atoms with Gasteiger partial charge in [-0.25, -0.2) is 4.98 Å². The van der Waals surface area contributed by atoms with Crippen LogP contribution in [0.5, 0.6) is 0 Å². The minimum absolute atomic E-state index is 0.481. The van der Waals surface area contributed by atoms with E-state index in [4.69, 9.17) is 0 Å². The van der Waals surface area contributed by atoms with E-state index in [2.05, 4.69) is 10.1 Å². The molecule has 7 heteroatoms. The number of hydrogen-bond acceptors (Lipinski definition) is 3. The molecule has 0 spiro atoms. The number of alkyl halides is 3. The zero-order valence-electron chi connectivity index (χ0n) is 10.5. The van der Waals surface area contributed by atoms with E-state index in [1.807, 2.05) is 13.1 Å². The van der Waals surface area contributed by atoms with Gasteiger partial charge in [-0.15, -0.1) is 0 Å². The van der Waals surface area contributed by atoms with Crippen molar-refractivity contribution in [3.63, 3.8) is 0 Å². The standard InChI is InChI=1S/C12H13F3N4/c1-18(8-10-5-6-17-19(10)2)11-4-3-9(7-16-11)12(13,14)15/h3-7H,8H2,1-2H3. The van der Waals surface area contributed by atoms with Crippen LogP contribution in [0.1, 0.15) is 11.3 Å². The molecule has 0 radical (unpaired) electrons. The molecule has 2 aromatic heterocycles. The van der Waals surface area contributed by atoms with Gasteiger partial charge in [0.2, 0.25) is 0 Å². The number of halogens is 3. The Bertz CT molecular complexity index is 545. The monoisotopic (exact) mass is 270 g/mol. The van der Waals surface area contributed by atoms with Gasteiger partial charge in [0.05, 0.1) is 17.8 Å². The third-order valence-corrected chi connectivity index (χ3v) is 2.79. The summed E-state index contributed by atoms with van der Waals surface area (Å²) in [6, 6.07) is 4.24. The van der Waals surface area contributed by atoms with E-state index in [-0.39, 0.29) is 0 Å². The number of aryl methyl sites for hydroxylation is 1. The van der Waals surface area contributed by atoms with Crippen LogP contribution in [0.25, 0.3) is 0 Å². The first kappa shape index (κ1) is 13.4. The summed E-state index contributed by atoms with van der Waals surface area (Å²) in [4.78, 5) is 5.59. The van der Waals surface area contributed by atoms with E-state index in [1.165, 1.54) is 6.07 Å². The first-order valence-electron chi connectivity index (χ1n) is 5.59. The zero-order valence-corrected chi connectivity index (χ0v) is 10.5. The van der Waals surface area contributed by atoms with Crippen LogP contribution in [0.4, 0.5) is 19.0 Å². The molecule has 2 rings (SSSR count). The van der Waals surface area contributed by atoms with E-state index >= 15 is 0 Å². The molecule has 0 atom stereocenters. The Hall–Kier alpha value is -2.05. The van der Waals surface area contributed by atoms with E-state index in [9.17, 15) is 13.2 Å². The van der Waals surface area contributed by atoms with Crippen molar-refractivity contribution in [2.75, 3.05) is 11.9 Å². The Balaban J connectivity index is 2.12. The molecule has 0 N–H and O–H groups in total. The zero-order chi connectivity index (χ0) is 14.0. The summed E-state index contributed by atoms with van der Waals surface area (Å²) in [5.74, 6) is 0.481. The van der Waals surface area contributed by atoms with Gasteiger partial charge in [0.25, 0.3) is 0 Å². The van der Waals surface area contributed by atoms with Crippen LogP contribution in [0.2, 0.25) is 0 Å². The maximum absolute atomic E-state index is 12.4. The van der Waals surface area contributed by atoms with Crippen molar-refractivity contribution in [3.8, 4) is 0 Å². The van der Waals surface area contributed by atoms with E-state index in [1.54, 1.807) is 22.8 Å². The van der Waals surface area contributed by atoms with Gasteiger partial charge in [-0.1, -0.05) is 0 Å². The maximum Gasteiger partial charge on any atom is 0.417 e. The van der Waals surface area contributed by atoms with Crippen molar-refractivity contribution in [3.05, 3.63) is 41.9 Å². The quantitative estimate of drug-likeness (QED) is 0.859. The topological polar surface area (TPSA) is 34.0 Å². The van der Waals surface area contributed by atoms with Crippen molar-refractivity contribution >= 4 is 5.82 Å². The van der Waals surface area contributed by atoms with Crippen molar-refractivity contribution in [2.45, 2.75) is 12.7 Å². The molecule has 0 amide bonds. The molecule has 0 unspecified atom stereocenters. The number of hydrogen-bond donors (Lipinski definition) is 0. The summed E-state index contributed by atoms with van der Waals surface area (Å²) in [6.45, 7) is 0.523. The third kappa shape index (κ3) is 3.04. The maximum atomic E-state index is 12.4. The highest BCUT2D eigenvalue weighted by Gasteiger charge is 2.30. The average molecular weight is 270 g/mol. The summed E-state index contributed by atoms with van der Waals surface area (Å²) < 4.78 is 38.9. The second-order valence-corrected chi connectivity index (χ2v) is 4.21. The fourth-order valence-corrected chi connectivity index (χ4v) is 1.66. The van der Waals surface area contributed by atoms with Crippen LogP contribution < -0.4 is 4.90 Å². The van der Waals surface area contributed by atoms with Crippen LogP contribution in [-0.4, -0.2) is 21.8 Å². The van der Waals surface area contributed by atoms with Gasteiger partial charge in [0, 0.05) is 26.5 Å². The second kappa shape index (κ2) is 4.91. The molecular weight excluding hydrogens is 257 g/mol. The molecule has 19 heavy (non-hydrogen) atoms. The average Bonchev–Trinajstić information content (AvgIpc) is 2.74. The molecule has 0 aliphatic rings. The molecule has 0 aromatic carbocycles. The van der Waals surface area contributed by atoms with Crippen LogP contribution in [-0.2, 0) is 19.8 Å². The predicted octanol–water partition coefficient (Wildman–Crippen LogP) is 2.47. The van der Waals surface area contributed by atoms with Gasteiger partial charge in [-0.05, 0) is 18.2 Å². The predicted molar refractivity (Wildman–Crippen MR) is 64.6 cm³/mol. The summed E-state index contributed by atoms with van der Waals surface area (Å²) in [5, 5.41) is 4.03. The molecule has 0 aliphatic carbocycles. The number of rotatable bonds is 3. The lowest BCUT2D eigenvalue weighted by molar-refractivity contribution is -0.137. The SMILES string of the molecule is CN(Cc1ccnn1C)c1ccc(C(F)(F)F)cn1. The minimum Gasteiger partial charge on any atom is -0.354 e. The molecular formula is C12H13F3N4. The van der Waals surface area contributed by atoms with Crippen molar-refractivity contribution in [1.82, 2.24) is 14.8 Å². The van der Waals surface area contributed by atoms with E-state index in [0.29, 0.717) is 12.4 Å². The Kier molecular flexibility index (Phi) is 3.46. The highest BCUT2D eigenvalue weighted by atomic mass is 19.4. The lowest BCUT2D eigenvalue weighted by atomic mass is 10.2. The van der Waals surface area contributed by atoms with Gasteiger partial charge >= 0.3 is 6.18 Å². The van der Waals surface area contributed by atoms with Gasteiger partial charge in [-0.2, -0.15) is 18.3 Å². The summed E-state index contributed by atoms with van der Waals surface area (Å²) in [7, 11) is 3.58.